The maximum absolute atomic E-state index is 2.42. The van der Waals surface area contributed by atoms with Crippen LogP contribution in [0.5, 0.6) is 0 Å². The van der Waals surface area contributed by atoms with E-state index in [1.807, 2.05) is 0 Å². The van der Waals surface area contributed by atoms with E-state index in [1.165, 1.54) is 76.1 Å². The Morgan fingerprint density at radius 3 is 1.08 bits per heavy atom. The number of fused-ring (bicyclic) bond motifs is 7. The Hall–Kier alpha value is -4.94. The van der Waals surface area contributed by atoms with Crippen molar-refractivity contribution in [1.82, 2.24) is 0 Å². The second kappa shape index (κ2) is 8.30. The van der Waals surface area contributed by atoms with Gasteiger partial charge in [0.1, 0.15) is 0 Å². The number of rotatable bonds is 2. The molecule has 0 spiro atoms. The zero-order valence-electron chi connectivity index (χ0n) is 20.9. The third-order valence-corrected chi connectivity index (χ3v) is 8.02. The Labute approximate surface area is 221 Å². The highest BCUT2D eigenvalue weighted by molar-refractivity contribution is 6.27. The van der Waals surface area contributed by atoms with Gasteiger partial charge in [-0.15, -0.1) is 0 Å². The fourth-order valence-corrected chi connectivity index (χ4v) is 6.35. The first-order chi connectivity index (χ1) is 18.9. The van der Waals surface area contributed by atoms with Crippen LogP contribution in [0.4, 0.5) is 0 Å². The van der Waals surface area contributed by atoms with Gasteiger partial charge in [0.15, 0.2) is 0 Å². The lowest BCUT2D eigenvalue weighted by Gasteiger charge is -2.17. The van der Waals surface area contributed by atoms with Gasteiger partial charge in [0, 0.05) is 0 Å². The SMILES string of the molecule is c1ccc2c(-c3cc4cc(-c5cccc6ccccc56)c5ccccc5c4c4ccccc34)cccc2c1. The Balaban J connectivity index is 1.55. The number of hydrogen-bond donors (Lipinski definition) is 0. The van der Waals surface area contributed by atoms with E-state index in [2.05, 4.69) is 146 Å². The van der Waals surface area contributed by atoms with Crippen LogP contribution < -0.4 is 0 Å². The van der Waals surface area contributed by atoms with Crippen molar-refractivity contribution >= 4 is 53.9 Å². The van der Waals surface area contributed by atoms with Crippen LogP contribution in [0.15, 0.2) is 146 Å². The van der Waals surface area contributed by atoms with Gasteiger partial charge < -0.3 is 0 Å². The first-order valence-electron chi connectivity index (χ1n) is 13.2. The summed E-state index contributed by atoms with van der Waals surface area (Å²) in [6.07, 6.45) is 0. The van der Waals surface area contributed by atoms with E-state index >= 15 is 0 Å². The number of benzene rings is 8. The minimum absolute atomic E-state index is 1.27. The van der Waals surface area contributed by atoms with Crippen LogP contribution >= 0.6 is 0 Å². The Kier molecular flexibility index (Phi) is 4.62. The molecule has 0 amide bonds. The second-order valence-corrected chi connectivity index (χ2v) is 10.1. The Morgan fingerprint density at radius 2 is 0.605 bits per heavy atom. The molecule has 0 heteroatoms. The van der Waals surface area contributed by atoms with Gasteiger partial charge >= 0.3 is 0 Å². The molecule has 0 aliphatic heterocycles. The molecule has 0 N–H and O–H groups in total. The second-order valence-electron chi connectivity index (χ2n) is 10.1. The van der Waals surface area contributed by atoms with Crippen LogP contribution in [0.1, 0.15) is 0 Å². The normalized spacial score (nSPS) is 11.7. The molecule has 176 valence electrons. The lowest BCUT2D eigenvalue weighted by Crippen LogP contribution is -1.90. The molecule has 0 nitrogen and oxygen atoms in total. The number of hydrogen-bond acceptors (Lipinski definition) is 0. The van der Waals surface area contributed by atoms with Crippen molar-refractivity contribution in [3.05, 3.63) is 146 Å². The van der Waals surface area contributed by atoms with Crippen LogP contribution in [0, 0.1) is 0 Å². The summed E-state index contributed by atoms with van der Waals surface area (Å²) in [6.45, 7) is 0. The van der Waals surface area contributed by atoms with Crippen molar-refractivity contribution in [3.8, 4) is 22.3 Å². The van der Waals surface area contributed by atoms with Crippen molar-refractivity contribution in [3.63, 3.8) is 0 Å². The third kappa shape index (κ3) is 3.11. The maximum Gasteiger partial charge on any atom is -0.00259 e. The summed E-state index contributed by atoms with van der Waals surface area (Å²) in [5, 5.41) is 12.9. The largest absolute Gasteiger partial charge is 0.0616 e. The highest BCUT2D eigenvalue weighted by Gasteiger charge is 2.16. The Morgan fingerprint density at radius 1 is 0.237 bits per heavy atom. The average Bonchev–Trinajstić information content (AvgIpc) is 2.99. The van der Waals surface area contributed by atoms with E-state index in [1.54, 1.807) is 0 Å². The molecule has 8 aromatic rings. The zero-order chi connectivity index (χ0) is 25.1. The molecule has 0 saturated carbocycles. The topological polar surface area (TPSA) is 0 Å². The van der Waals surface area contributed by atoms with E-state index in [4.69, 9.17) is 0 Å². The van der Waals surface area contributed by atoms with Crippen LogP contribution in [-0.2, 0) is 0 Å². The lowest BCUT2D eigenvalue weighted by atomic mass is 9.86. The predicted octanol–water partition coefficient (Wildman–Crippen LogP) is 10.8. The predicted molar refractivity (Wildman–Crippen MR) is 165 cm³/mol. The molecule has 8 rings (SSSR count). The van der Waals surface area contributed by atoms with E-state index in [9.17, 15) is 0 Å². The summed E-state index contributed by atoms with van der Waals surface area (Å²) in [5.41, 5.74) is 5.12. The third-order valence-electron chi connectivity index (χ3n) is 8.02. The van der Waals surface area contributed by atoms with E-state index in [0.29, 0.717) is 0 Å². The molecule has 0 aromatic heterocycles. The summed E-state index contributed by atoms with van der Waals surface area (Å²) in [6, 6.07) is 53.3. The van der Waals surface area contributed by atoms with E-state index in [0.717, 1.165) is 0 Å². The molecule has 0 heterocycles. The monoisotopic (exact) mass is 480 g/mol. The summed E-state index contributed by atoms with van der Waals surface area (Å²) in [5.74, 6) is 0. The first kappa shape index (κ1) is 21.2. The van der Waals surface area contributed by atoms with Crippen molar-refractivity contribution in [2.24, 2.45) is 0 Å². The lowest BCUT2D eigenvalue weighted by molar-refractivity contribution is 1.69. The van der Waals surface area contributed by atoms with Crippen molar-refractivity contribution in [2.45, 2.75) is 0 Å². The van der Waals surface area contributed by atoms with Gasteiger partial charge in [0.2, 0.25) is 0 Å². The molecule has 0 fully saturated rings. The molecule has 0 atom stereocenters. The molecule has 0 saturated heterocycles. The minimum atomic E-state index is 1.27. The van der Waals surface area contributed by atoms with Gasteiger partial charge in [-0.1, -0.05) is 133 Å². The Bertz CT molecular complexity index is 2020. The molecule has 0 aliphatic carbocycles. The molecular formula is C38H24. The molecule has 8 aromatic carbocycles. The van der Waals surface area contributed by atoms with Crippen molar-refractivity contribution < 1.29 is 0 Å². The van der Waals surface area contributed by atoms with Gasteiger partial charge in [-0.3, -0.25) is 0 Å². The van der Waals surface area contributed by atoms with Crippen molar-refractivity contribution in [2.75, 3.05) is 0 Å². The first-order valence-corrected chi connectivity index (χ1v) is 13.2. The standard InChI is InChI=1S/C38H24/c1-3-15-28-25(11-1)13-9-21-30(28)36-23-27-24-37(31-22-10-14-26-12-2-4-16-29(26)31)33-18-6-8-20-35(33)38(27)34-19-7-5-17-32(34)36/h1-24H. The maximum atomic E-state index is 2.42. The summed E-state index contributed by atoms with van der Waals surface area (Å²) in [4.78, 5) is 0. The molecule has 0 aliphatic rings. The van der Waals surface area contributed by atoms with Crippen LogP contribution in [0.2, 0.25) is 0 Å². The molecular weight excluding hydrogens is 456 g/mol. The van der Waals surface area contributed by atoms with Gasteiger partial charge in [0.05, 0.1) is 0 Å². The zero-order valence-corrected chi connectivity index (χ0v) is 20.9. The van der Waals surface area contributed by atoms with E-state index < -0.39 is 0 Å². The van der Waals surface area contributed by atoms with Crippen LogP contribution in [-0.4, -0.2) is 0 Å². The highest BCUT2D eigenvalue weighted by Crippen LogP contribution is 2.44. The summed E-state index contributed by atoms with van der Waals surface area (Å²) >= 11 is 0. The molecule has 0 bridgehead atoms. The smallest absolute Gasteiger partial charge is 0.00259 e. The summed E-state index contributed by atoms with van der Waals surface area (Å²) < 4.78 is 0. The molecule has 38 heavy (non-hydrogen) atoms. The van der Waals surface area contributed by atoms with E-state index in [-0.39, 0.29) is 0 Å². The molecule has 0 unspecified atom stereocenters. The average molecular weight is 481 g/mol. The van der Waals surface area contributed by atoms with Gasteiger partial charge in [-0.25, -0.2) is 0 Å². The highest BCUT2D eigenvalue weighted by atomic mass is 14.2. The minimum Gasteiger partial charge on any atom is -0.0616 e. The van der Waals surface area contributed by atoms with Gasteiger partial charge in [-0.05, 0) is 88.2 Å². The summed E-state index contributed by atoms with van der Waals surface area (Å²) in [7, 11) is 0. The van der Waals surface area contributed by atoms with Gasteiger partial charge in [0.25, 0.3) is 0 Å². The quantitative estimate of drug-likeness (QED) is 0.216. The molecule has 0 radical (unpaired) electrons. The van der Waals surface area contributed by atoms with Crippen molar-refractivity contribution in [1.29, 1.82) is 0 Å². The van der Waals surface area contributed by atoms with Gasteiger partial charge in [-0.2, -0.15) is 0 Å². The van der Waals surface area contributed by atoms with Crippen LogP contribution in [0.3, 0.4) is 0 Å². The van der Waals surface area contributed by atoms with Crippen LogP contribution in [0.25, 0.3) is 76.1 Å². The fraction of sp³-hybridized carbons (Fsp3) is 0. The fourth-order valence-electron chi connectivity index (χ4n) is 6.35.